The molecule has 1 atom stereocenters. The second-order valence-electron chi connectivity index (χ2n) is 8.21. The van der Waals surface area contributed by atoms with Gasteiger partial charge in [-0.2, -0.15) is 18.3 Å². The van der Waals surface area contributed by atoms with Crippen molar-refractivity contribution < 1.29 is 31.9 Å². The van der Waals surface area contributed by atoms with Gasteiger partial charge in [0.1, 0.15) is 17.3 Å². The van der Waals surface area contributed by atoms with Crippen LogP contribution >= 0.6 is 11.3 Å². The molecule has 1 N–H and O–H groups in total. The molecule has 0 saturated heterocycles. The van der Waals surface area contributed by atoms with Crippen LogP contribution < -0.4 is 10.2 Å². The summed E-state index contributed by atoms with van der Waals surface area (Å²) in [5.41, 5.74) is -1.34. The molecule has 1 unspecified atom stereocenters. The highest BCUT2D eigenvalue weighted by molar-refractivity contribution is 7.14. The number of alkyl carbamates (subject to hydrolysis) is 1. The number of carbonyl (C=O) groups is 2. The summed E-state index contributed by atoms with van der Waals surface area (Å²) in [4.78, 5) is 26.0. The molecule has 178 valence electrons. The van der Waals surface area contributed by atoms with E-state index in [4.69, 9.17) is 9.15 Å². The number of hydrogen-bond donors (Lipinski definition) is 1. The molecule has 0 aliphatic rings. The Kier molecular flexibility index (Phi) is 6.59. The minimum absolute atomic E-state index is 0.116. The molecule has 0 aliphatic heterocycles. The number of furan rings is 1. The zero-order valence-corrected chi connectivity index (χ0v) is 19.4. The fourth-order valence-electron chi connectivity index (χ4n) is 2.86. The average molecular weight is 485 g/mol. The van der Waals surface area contributed by atoms with E-state index in [-0.39, 0.29) is 11.5 Å². The zero-order valence-electron chi connectivity index (χ0n) is 18.6. The van der Waals surface area contributed by atoms with Crippen molar-refractivity contribution in [2.75, 3.05) is 11.9 Å². The molecule has 0 spiro atoms. The van der Waals surface area contributed by atoms with Crippen molar-refractivity contribution >= 4 is 28.3 Å². The van der Waals surface area contributed by atoms with Crippen molar-refractivity contribution in [2.45, 2.75) is 45.5 Å². The monoisotopic (exact) mass is 484 g/mol. The molecule has 0 fully saturated rings. The quantitative estimate of drug-likeness (QED) is 0.545. The predicted octanol–water partition coefficient (Wildman–Crippen LogP) is 5.09. The van der Waals surface area contributed by atoms with Crippen LogP contribution in [0.4, 0.5) is 23.0 Å². The number of aromatic nitrogens is 2. The van der Waals surface area contributed by atoms with Gasteiger partial charge in [-0.1, -0.05) is 0 Å². The summed E-state index contributed by atoms with van der Waals surface area (Å²) in [6.07, 6.45) is -4.02. The van der Waals surface area contributed by atoms with E-state index in [1.54, 1.807) is 32.2 Å². The highest BCUT2D eigenvalue weighted by atomic mass is 32.1. The fourth-order valence-corrected chi connectivity index (χ4v) is 3.71. The molecule has 3 heterocycles. The van der Waals surface area contributed by atoms with Crippen LogP contribution in [0.15, 0.2) is 40.3 Å². The van der Waals surface area contributed by atoms with Crippen LogP contribution in [0.2, 0.25) is 0 Å². The normalized spacial score (nSPS) is 13.0. The number of nitrogens with one attached hydrogen (secondary N) is 1. The molecule has 0 saturated carbocycles. The van der Waals surface area contributed by atoms with Crippen LogP contribution in [0, 0.1) is 0 Å². The van der Waals surface area contributed by atoms with Crippen molar-refractivity contribution in [1.29, 1.82) is 0 Å². The Hall–Kier alpha value is -3.28. The van der Waals surface area contributed by atoms with Crippen LogP contribution in [0.3, 0.4) is 0 Å². The van der Waals surface area contributed by atoms with Gasteiger partial charge in [-0.15, -0.1) is 11.3 Å². The number of alkyl halides is 3. The molecule has 0 aliphatic carbocycles. The molecule has 0 aromatic carbocycles. The predicted molar refractivity (Wildman–Crippen MR) is 116 cm³/mol. The Morgan fingerprint density at radius 3 is 2.55 bits per heavy atom. The first-order valence-electron chi connectivity index (χ1n) is 9.83. The maximum atomic E-state index is 13.3. The summed E-state index contributed by atoms with van der Waals surface area (Å²) >= 11 is 1.14. The van der Waals surface area contributed by atoms with Gasteiger partial charge in [0.25, 0.3) is 0 Å². The molecule has 0 bridgehead atoms. The van der Waals surface area contributed by atoms with E-state index >= 15 is 0 Å². The number of amides is 2. The highest BCUT2D eigenvalue weighted by Crippen LogP contribution is 2.35. The smallest absolute Gasteiger partial charge is 0.435 e. The topological polar surface area (TPSA) is 89.6 Å². The lowest BCUT2D eigenvalue weighted by Crippen LogP contribution is -2.47. The van der Waals surface area contributed by atoms with E-state index in [9.17, 15) is 22.8 Å². The second-order valence-corrected chi connectivity index (χ2v) is 9.10. The van der Waals surface area contributed by atoms with Gasteiger partial charge in [0.05, 0.1) is 17.0 Å². The first-order chi connectivity index (χ1) is 15.3. The Bertz CT molecular complexity index is 1130. The van der Waals surface area contributed by atoms with E-state index in [1.165, 1.54) is 37.3 Å². The van der Waals surface area contributed by atoms with E-state index in [0.29, 0.717) is 10.7 Å². The largest absolute Gasteiger partial charge is 0.463 e. The van der Waals surface area contributed by atoms with Gasteiger partial charge in [0.15, 0.2) is 11.5 Å². The van der Waals surface area contributed by atoms with Crippen LogP contribution in [0.5, 0.6) is 0 Å². The second kappa shape index (κ2) is 8.93. The Labute approximate surface area is 191 Å². The fraction of sp³-hybridized carbons (Fsp3) is 0.381. The number of ether oxygens (including phenoxy) is 1. The number of likely N-dealkylation sites (N-methyl/N-ethyl adjacent to an activating group) is 1. The minimum atomic E-state index is -4.64. The molecule has 2 amide bonds. The SMILES string of the molecule is CC(NC(=O)OC(C)(C)C)C(=O)N(C)c1cc(-n2nc(C(F)(F)F)cc2-c2ccco2)cs1. The summed E-state index contributed by atoms with van der Waals surface area (Å²) in [5.74, 6) is -0.220. The van der Waals surface area contributed by atoms with Gasteiger partial charge in [-0.3, -0.25) is 4.79 Å². The number of carbonyl (C=O) groups excluding carboxylic acids is 2. The van der Waals surface area contributed by atoms with Gasteiger partial charge in [-0.25, -0.2) is 9.48 Å². The maximum Gasteiger partial charge on any atom is 0.435 e. The van der Waals surface area contributed by atoms with Gasteiger partial charge in [0.2, 0.25) is 5.91 Å². The highest BCUT2D eigenvalue weighted by Gasteiger charge is 2.36. The summed E-state index contributed by atoms with van der Waals surface area (Å²) in [6, 6.07) is 4.63. The van der Waals surface area contributed by atoms with Crippen molar-refractivity contribution in [3.8, 4) is 17.1 Å². The number of halogens is 3. The first kappa shape index (κ1) is 24.4. The van der Waals surface area contributed by atoms with Gasteiger partial charge in [0, 0.05) is 18.5 Å². The summed E-state index contributed by atoms with van der Waals surface area (Å²) < 4.78 is 51.3. The number of rotatable bonds is 5. The molecular formula is C21H23F3N4O4S. The van der Waals surface area contributed by atoms with Gasteiger partial charge < -0.3 is 19.4 Å². The van der Waals surface area contributed by atoms with Crippen molar-refractivity contribution in [3.63, 3.8) is 0 Å². The molecule has 12 heteroatoms. The Morgan fingerprint density at radius 1 is 1.27 bits per heavy atom. The lowest BCUT2D eigenvalue weighted by atomic mass is 10.2. The van der Waals surface area contributed by atoms with E-state index in [2.05, 4.69) is 10.4 Å². The average Bonchev–Trinajstić information content (AvgIpc) is 3.43. The standard InChI is InChI=1S/C21H23F3N4O4S/c1-12(25-19(30)32-20(2,3)4)18(29)27(5)17-9-13(11-33-17)28-14(15-7-6-8-31-15)10-16(26-28)21(22,23)24/h6-12H,1-5H3,(H,25,30). The third kappa shape index (κ3) is 5.75. The van der Waals surface area contributed by atoms with Crippen LogP contribution in [0.1, 0.15) is 33.4 Å². The molecule has 3 aromatic rings. The van der Waals surface area contributed by atoms with Crippen LogP contribution in [-0.2, 0) is 15.7 Å². The van der Waals surface area contributed by atoms with Gasteiger partial charge >= 0.3 is 12.3 Å². The van der Waals surface area contributed by atoms with Gasteiger partial charge in [-0.05, 0) is 45.9 Å². The van der Waals surface area contributed by atoms with E-state index in [0.717, 1.165) is 22.1 Å². The summed E-state index contributed by atoms with van der Waals surface area (Å²) in [5, 5.41) is 8.19. The van der Waals surface area contributed by atoms with Crippen LogP contribution in [-0.4, -0.2) is 40.5 Å². The molecule has 3 aromatic heterocycles. The molecule has 3 rings (SSSR count). The van der Waals surface area contributed by atoms with Crippen molar-refractivity contribution in [3.05, 3.63) is 41.6 Å². The summed E-state index contributed by atoms with van der Waals surface area (Å²) in [7, 11) is 1.50. The third-order valence-corrected chi connectivity index (χ3v) is 5.35. The zero-order chi connectivity index (χ0) is 24.6. The van der Waals surface area contributed by atoms with E-state index in [1.807, 2.05) is 0 Å². The molecule has 8 nitrogen and oxygen atoms in total. The van der Waals surface area contributed by atoms with Crippen LogP contribution in [0.25, 0.3) is 17.1 Å². The third-order valence-electron chi connectivity index (χ3n) is 4.35. The molecule has 0 radical (unpaired) electrons. The Morgan fingerprint density at radius 2 is 1.97 bits per heavy atom. The van der Waals surface area contributed by atoms with E-state index < -0.39 is 35.5 Å². The lowest BCUT2D eigenvalue weighted by molar-refractivity contribution is -0.141. The Balaban J connectivity index is 1.83. The lowest BCUT2D eigenvalue weighted by Gasteiger charge is -2.24. The number of anilines is 1. The maximum absolute atomic E-state index is 13.3. The number of thiophene rings is 1. The molecule has 33 heavy (non-hydrogen) atoms. The summed E-state index contributed by atoms with van der Waals surface area (Å²) in [6.45, 7) is 6.62. The first-order valence-corrected chi connectivity index (χ1v) is 10.7. The molecular weight excluding hydrogens is 461 g/mol. The number of hydrogen-bond acceptors (Lipinski definition) is 6. The number of nitrogens with zero attached hydrogens (tertiary/aromatic N) is 3. The van der Waals surface area contributed by atoms with Crippen molar-refractivity contribution in [2.24, 2.45) is 0 Å². The minimum Gasteiger partial charge on any atom is -0.463 e. The van der Waals surface area contributed by atoms with Crippen molar-refractivity contribution in [1.82, 2.24) is 15.1 Å².